The number of carbonyl (C=O) groups is 1. The van der Waals surface area contributed by atoms with Crippen LogP contribution in [0, 0.1) is 0 Å². The van der Waals surface area contributed by atoms with Crippen LogP contribution in [0.25, 0.3) is 0 Å². The number of piperazine rings is 1. The number of anilines is 1. The zero-order valence-corrected chi connectivity index (χ0v) is 14.9. The van der Waals surface area contributed by atoms with Crippen LogP contribution in [0.15, 0.2) is 36.7 Å². The summed E-state index contributed by atoms with van der Waals surface area (Å²) >= 11 is 0. The predicted molar refractivity (Wildman–Crippen MR) is 99.1 cm³/mol. The number of hydrogen-bond acceptors (Lipinski definition) is 5. The first-order valence-electron chi connectivity index (χ1n) is 9.34. The van der Waals surface area contributed by atoms with Gasteiger partial charge < -0.3 is 14.5 Å². The Labute approximate surface area is 153 Å². The second-order valence-electron chi connectivity index (χ2n) is 6.84. The summed E-state index contributed by atoms with van der Waals surface area (Å²) in [4.78, 5) is 25.4. The molecule has 6 heteroatoms. The molecular weight excluding hydrogens is 328 g/mol. The minimum absolute atomic E-state index is 0.238. The van der Waals surface area contributed by atoms with Crippen molar-refractivity contribution in [2.45, 2.75) is 32.3 Å². The number of hydrogen-bond donors (Lipinski definition) is 0. The minimum atomic E-state index is -0.238. The normalized spacial score (nSPS) is 16.9. The van der Waals surface area contributed by atoms with E-state index in [1.54, 1.807) is 11.2 Å². The highest BCUT2D eigenvalue weighted by Gasteiger charge is 2.26. The molecule has 0 atom stereocenters. The molecule has 0 saturated carbocycles. The summed E-state index contributed by atoms with van der Waals surface area (Å²) in [5, 5.41) is 0. The van der Waals surface area contributed by atoms with Crippen LogP contribution < -0.4 is 4.90 Å². The summed E-state index contributed by atoms with van der Waals surface area (Å²) in [6.07, 6.45) is 5.98. The van der Waals surface area contributed by atoms with Crippen LogP contribution in [-0.2, 0) is 24.2 Å². The lowest BCUT2D eigenvalue weighted by atomic mass is 9.96. The molecule has 2 aromatic rings. The van der Waals surface area contributed by atoms with Gasteiger partial charge in [0.15, 0.2) is 0 Å². The summed E-state index contributed by atoms with van der Waals surface area (Å²) in [6.45, 7) is 3.20. The van der Waals surface area contributed by atoms with Gasteiger partial charge in [0.05, 0.1) is 0 Å². The van der Waals surface area contributed by atoms with Crippen molar-refractivity contribution in [3.8, 4) is 0 Å². The molecule has 0 spiro atoms. The molecule has 1 aliphatic heterocycles. The molecule has 26 heavy (non-hydrogen) atoms. The van der Waals surface area contributed by atoms with Crippen molar-refractivity contribution in [2.75, 3.05) is 31.1 Å². The summed E-state index contributed by atoms with van der Waals surface area (Å²) in [5.74, 6) is 1.06. The van der Waals surface area contributed by atoms with Gasteiger partial charge in [-0.15, -0.1) is 0 Å². The lowest BCUT2D eigenvalue weighted by Gasteiger charge is -2.36. The molecule has 2 aliphatic rings. The third-order valence-electron chi connectivity index (χ3n) is 5.14. The molecule has 0 unspecified atom stereocenters. The van der Waals surface area contributed by atoms with Crippen LogP contribution in [0.4, 0.5) is 10.6 Å². The van der Waals surface area contributed by atoms with Crippen LogP contribution in [0.3, 0.4) is 0 Å². The summed E-state index contributed by atoms with van der Waals surface area (Å²) in [7, 11) is 0. The molecule has 4 rings (SSSR count). The summed E-state index contributed by atoms with van der Waals surface area (Å²) in [5.41, 5.74) is 3.51. The molecule has 2 heterocycles. The zero-order valence-electron chi connectivity index (χ0n) is 14.9. The smallest absolute Gasteiger partial charge is 0.410 e. The Morgan fingerprint density at radius 1 is 1.00 bits per heavy atom. The van der Waals surface area contributed by atoms with Crippen molar-refractivity contribution in [2.24, 2.45) is 0 Å². The van der Waals surface area contributed by atoms with Crippen molar-refractivity contribution in [1.29, 1.82) is 0 Å². The molecule has 1 amide bonds. The molecule has 136 valence electrons. The quantitative estimate of drug-likeness (QED) is 0.850. The van der Waals surface area contributed by atoms with Gasteiger partial charge in [-0.3, -0.25) is 0 Å². The van der Waals surface area contributed by atoms with E-state index >= 15 is 0 Å². The van der Waals surface area contributed by atoms with Crippen molar-refractivity contribution in [3.05, 3.63) is 53.5 Å². The van der Waals surface area contributed by atoms with Crippen molar-refractivity contribution in [1.82, 2.24) is 14.9 Å². The number of ether oxygens (including phenoxy) is 1. The van der Waals surface area contributed by atoms with Crippen LogP contribution in [0.2, 0.25) is 0 Å². The molecule has 0 N–H and O–H groups in total. The van der Waals surface area contributed by atoms with E-state index in [0.717, 1.165) is 37.3 Å². The first-order valence-corrected chi connectivity index (χ1v) is 9.34. The van der Waals surface area contributed by atoms with Gasteiger partial charge in [-0.05, 0) is 31.2 Å². The van der Waals surface area contributed by atoms with E-state index in [1.807, 2.05) is 30.3 Å². The fourth-order valence-corrected chi connectivity index (χ4v) is 3.69. The second kappa shape index (κ2) is 7.72. The highest BCUT2D eigenvalue weighted by Crippen LogP contribution is 2.27. The van der Waals surface area contributed by atoms with E-state index < -0.39 is 0 Å². The largest absolute Gasteiger partial charge is 0.445 e. The van der Waals surface area contributed by atoms with Gasteiger partial charge in [-0.25, -0.2) is 14.8 Å². The van der Waals surface area contributed by atoms with E-state index in [4.69, 9.17) is 4.74 Å². The Kier molecular flexibility index (Phi) is 5.00. The molecule has 1 saturated heterocycles. The van der Waals surface area contributed by atoms with Gasteiger partial charge in [0.25, 0.3) is 0 Å². The summed E-state index contributed by atoms with van der Waals surface area (Å²) in [6, 6.07) is 9.78. The molecule has 1 fully saturated rings. The maximum absolute atomic E-state index is 12.3. The topological polar surface area (TPSA) is 58.6 Å². The number of benzene rings is 1. The number of aromatic nitrogens is 2. The monoisotopic (exact) mass is 352 g/mol. The molecular formula is C20H24N4O2. The number of nitrogens with zero attached hydrogens (tertiary/aromatic N) is 4. The fraction of sp³-hybridized carbons (Fsp3) is 0.450. The molecule has 0 bridgehead atoms. The number of amides is 1. The van der Waals surface area contributed by atoms with Crippen molar-refractivity contribution >= 4 is 11.9 Å². The molecule has 0 radical (unpaired) electrons. The van der Waals surface area contributed by atoms with Gasteiger partial charge in [0.2, 0.25) is 0 Å². The van der Waals surface area contributed by atoms with E-state index in [1.165, 1.54) is 24.1 Å². The zero-order chi connectivity index (χ0) is 17.8. The third-order valence-corrected chi connectivity index (χ3v) is 5.14. The first-order chi connectivity index (χ1) is 12.8. The second-order valence-corrected chi connectivity index (χ2v) is 6.84. The average molecular weight is 352 g/mol. The molecule has 1 aliphatic carbocycles. The SMILES string of the molecule is O=C(OCc1ccccc1)N1CCN(c2ncnc3c2CCCC3)CC1. The summed E-state index contributed by atoms with van der Waals surface area (Å²) < 4.78 is 5.44. The number of rotatable bonds is 3. The van der Waals surface area contributed by atoms with Crippen LogP contribution in [0.1, 0.15) is 29.7 Å². The maximum atomic E-state index is 12.3. The first kappa shape index (κ1) is 16.8. The van der Waals surface area contributed by atoms with Crippen molar-refractivity contribution < 1.29 is 9.53 Å². The van der Waals surface area contributed by atoms with E-state index in [2.05, 4.69) is 14.9 Å². The van der Waals surface area contributed by atoms with E-state index in [9.17, 15) is 4.79 Å². The van der Waals surface area contributed by atoms with Crippen LogP contribution in [0.5, 0.6) is 0 Å². The van der Waals surface area contributed by atoms with Gasteiger partial charge in [-0.1, -0.05) is 30.3 Å². The van der Waals surface area contributed by atoms with E-state index in [-0.39, 0.29) is 6.09 Å². The maximum Gasteiger partial charge on any atom is 0.410 e. The highest BCUT2D eigenvalue weighted by atomic mass is 16.6. The fourth-order valence-electron chi connectivity index (χ4n) is 3.69. The number of aryl methyl sites for hydroxylation is 1. The Hall–Kier alpha value is -2.63. The standard InChI is InChI=1S/C20H24N4O2/c25-20(26-14-16-6-2-1-3-7-16)24-12-10-23(11-13-24)19-17-8-4-5-9-18(17)21-15-22-19/h1-3,6-7,15H,4-5,8-14H2. The predicted octanol–water partition coefficient (Wildman–Crippen LogP) is 2.81. The average Bonchev–Trinajstić information content (AvgIpc) is 2.72. The highest BCUT2D eigenvalue weighted by molar-refractivity contribution is 5.68. The Morgan fingerprint density at radius 2 is 1.77 bits per heavy atom. The molecule has 1 aromatic carbocycles. The number of fused-ring (bicyclic) bond motifs is 1. The Morgan fingerprint density at radius 3 is 2.58 bits per heavy atom. The Bertz CT molecular complexity index is 758. The lowest BCUT2D eigenvalue weighted by Crippen LogP contribution is -2.49. The van der Waals surface area contributed by atoms with Gasteiger partial charge in [0, 0.05) is 37.4 Å². The number of carbonyl (C=O) groups excluding carboxylic acids is 1. The molecule has 6 nitrogen and oxygen atoms in total. The third kappa shape index (κ3) is 3.64. The van der Waals surface area contributed by atoms with Gasteiger partial charge >= 0.3 is 6.09 Å². The van der Waals surface area contributed by atoms with Crippen LogP contribution >= 0.6 is 0 Å². The van der Waals surface area contributed by atoms with Gasteiger partial charge in [-0.2, -0.15) is 0 Å². The van der Waals surface area contributed by atoms with Crippen molar-refractivity contribution in [3.63, 3.8) is 0 Å². The van der Waals surface area contributed by atoms with Crippen LogP contribution in [-0.4, -0.2) is 47.1 Å². The van der Waals surface area contributed by atoms with Gasteiger partial charge in [0.1, 0.15) is 18.8 Å². The minimum Gasteiger partial charge on any atom is -0.445 e. The van der Waals surface area contributed by atoms with E-state index in [0.29, 0.717) is 19.7 Å². The molecule has 1 aromatic heterocycles. The lowest BCUT2D eigenvalue weighted by molar-refractivity contribution is 0.0941. The Balaban J connectivity index is 1.33.